The average molecular weight is 300 g/mol. The van der Waals surface area contributed by atoms with Crippen LogP contribution in [0.4, 0.5) is 0 Å². The van der Waals surface area contributed by atoms with E-state index < -0.39 is 16.1 Å². The van der Waals surface area contributed by atoms with Crippen LogP contribution in [0.2, 0.25) is 0 Å². The minimum absolute atomic E-state index is 0.141. The van der Waals surface area contributed by atoms with Crippen LogP contribution in [0.1, 0.15) is 30.2 Å². The molecule has 0 bridgehead atoms. The maximum absolute atomic E-state index is 12.4. The van der Waals surface area contributed by atoms with Crippen molar-refractivity contribution >= 4 is 10.0 Å². The molecular weight excluding hydrogens is 284 g/mol. The highest BCUT2D eigenvalue weighted by atomic mass is 32.2. The van der Waals surface area contributed by atoms with Crippen molar-refractivity contribution in [2.75, 3.05) is 7.05 Å². The number of hydrogen-bond donors (Lipinski definition) is 4. The largest absolute Gasteiger partial charge is 0.314 e. The van der Waals surface area contributed by atoms with Gasteiger partial charge in [-0.05, 0) is 20.9 Å². The van der Waals surface area contributed by atoms with Crippen LogP contribution >= 0.6 is 0 Å². The SMILES string of the molecule is CNCc1n[nH]c(C)c1S(=O)(=O)NC(C)c1nn[nH]n1. The van der Waals surface area contributed by atoms with Crippen LogP contribution in [-0.4, -0.2) is 46.3 Å². The van der Waals surface area contributed by atoms with E-state index in [1.165, 1.54) is 0 Å². The van der Waals surface area contributed by atoms with E-state index >= 15 is 0 Å². The Morgan fingerprint density at radius 2 is 2.10 bits per heavy atom. The van der Waals surface area contributed by atoms with Gasteiger partial charge in [-0.3, -0.25) is 5.10 Å². The summed E-state index contributed by atoms with van der Waals surface area (Å²) in [7, 11) is -2.01. The summed E-state index contributed by atoms with van der Waals surface area (Å²) in [4.78, 5) is 0.141. The van der Waals surface area contributed by atoms with Gasteiger partial charge < -0.3 is 5.32 Å². The molecule has 0 radical (unpaired) electrons. The standard InChI is InChI=1S/C9H16N8O2S/c1-5-8(7(4-10-3)12-11-5)20(18,19)15-6(2)9-13-16-17-14-9/h6,10,15H,4H2,1-3H3,(H,11,12)(H,13,14,16,17). The van der Waals surface area contributed by atoms with Gasteiger partial charge in [-0.25, -0.2) is 13.1 Å². The molecule has 0 amide bonds. The number of H-pyrrole nitrogens is 2. The Morgan fingerprint density at radius 1 is 1.35 bits per heavy atom. The van der Waals surface area contributed by atoms with E-state index in [9.17, 15) is 8.42 Å². The van der Waals surface area contributed by atoms with Crippen molar-refractivity contribution in [2.24, 2.45) is 0 Å². The highest BCUT2D eigenvalue weighted by molar-refractivity contribution is 7.89. The molecule has 2 aromatic rings. The molecule has 2 rings (SSSR count). The van der Waals surface area contributed by atoms with Crippen molar-refractivity contribution in [2.45, 2.75) is 31.3 Å². The van der Waals surface area contributed by atoms with Gasteiger partial charge in [0.1, 0.15) is 4.90 Å². The minimum Gasteiger partial charge on any atom is -0.314 e. The lowest BCUT2D eigenvalue weighted by molar-refractivity contribution is 0.557. The minimum atomic E-state index is -3.73. The number of nitrogens with zero attached hydrogens (tertiary/aromatic N) is 4. The second kappa shape index (κ2) is 5.64. The second-order valence-electron chi connectivity index (χ2n) is 4.27. The monoisotopic (exact) mass is 300 g/mol. The van der Waals surface area contributed by atoms with Crippen molar-refractivity contribution in [1.29, 1.82) is 0 Å². The Bertz CT molecular complexity index is 662. The van der Waals surface area contributed by atoms with Crippen LogP contribution in [-0.2, 0) is 16.6 Å². The fourth-order valence-corrected chi connectivity index (χ4v) is 3.38. The van der Waals surface area contributed by atoms with Gasteiger partial charge in [-0.1, -0.05) is 5.21 Å². The molecule has 0 saturated heterocycles. The predicted molar refractivity (Wildman–Crippen MR) is 69.0 cm³/mol. The molecule has 2 heterocycles. The molecular formula is C9H16N8O2S. The van der Waals surface area contributed by atoms with Gasteiger partial charge in [-0.15, -0.1) is 10.2 Å². The Labute approximate surface area is 115 Å². The maximum atomic E-state index is 12.4. The predicted octanol–water partition coefficient (Wildman–Crippen LogP) is -1.01. The van der Waals surface area contributed by atoms with Gasteiger partial charge in [0, 0.05) is 6.54 Å². The van der Waals surface area contributed by atoms with Crippen molar-refractivity contribution in [3.05, 3.63) is 17.2 Å². The highest BCUT2D eigenvalue weighted by Gasteiger charge is 2.27. The Kier molecular flexibility index (Phi) is 4.11. The van der Waals surface area contributed by atoms with E-state index in [1.54, 1.807) is 20.9 Å². The fourth-order valence-electron chi connectivity index (χ4n) is 1.81. The van der Waals surface area contributed by atoms with E-state index in [-0.39, 0.29) is 10.7 Å². The normalized spacial score (nSPS) is 13.6. The van der Waals surface area contributed by atoms with Crippen molar-refractivity contribution in [3.8, 4) is 0 Å². The third-order valence-electron chi connectivity index (χ3n) is 2.66. The summed E-state index contributed by atoms with van der Waals surface area (Å²) in [5.41, 5.74) is 0.904. The van der Waals surface area contributed by atoms with E-state index in [1.807, 2.05) is 0 Å². The van der Waals surface area contributed by atoms with E-state index in [4.69, 9.17) is 0 Å². The maximum Gasteiger partial charge on any atom is 0.244 e. The molecule has 4 N–H and O–H groups in total. The Hall–Kier alpha value is -1.85. The molecule has 0 fully saturated rings. The zero-order valence-electron chi connectivity index (χ0n) is 11.3. The first-order chi connectivity index (χ1) is 9.45. The number of hydrogen-bond acceptors (Lipinski definition) is 7. The van der Waals surface area contributed by atoms with E-state index in [0.29, 0.717) is 17.9 Å². The van der Waals surface area contributed by atoms with Gasteiger partial charge in [0.25, 0.3) is 0 Å². The molecule has 2 aromatic heterocycles. The molecule has 0 aliphatic carbocycles. The summed E-state index contributed by atoms with van der Waals surface area (Å²) >= 11 is 0. The number of aromatic nitrogens is 6. The molecule has 0 aliphatic rings. The van der Waals surface area contributed by atoms with Gasteiger partial charge in [0.05, 0.1) is 17.4 Å². The molecule has 0 aromatic carbocycles. The Morgan fingerprint density at radius 3 is 2.70 bits per heavy atom. The molecule has 110 valence electrons. The van der Waals surface area contributed by atoms with Crippen LogP contribution in [0.15, 0.2) is 4.90 Å². The number of sulfonamides is 1. The van der Waals surface area contributed by atoms with Gasteiger partial charge >= 0.3 is 0 Å². The summed E-state index contributed by atoms with van der Waals surface area (Å²) in [6, 6.07) is -0.601. The number of rotatable bonds is 6. The number of aromatic amines is 2. The lowest BCUT2D eigenvalue weighted by atomic mass is 10.3. The highest BCUT2D eigenvalue weighted by Crippen LogP contribution is 2.19. The lowest BCUT2D eigenvalue weighted by Crippen LogP contribution is -2.29. The number of nitrogens with one attached hydrogen (secondary N) is 4. The summed E-state index contributed by atoms with van der Waals surface area (Å²) < 4.78 is 27.4. The lowest BCUT2D eigenvalue weighted by Gasteiger charge is -2.11. The smallest absolute Gasteiger partial charge is 0.244 e. The second-order valence-corrected chi connectivity index (χ2v) is 5.92. The zero-order chi connectivity index (χ0) is 14.8. The molecule has 0 aliphatic heterocycles. The average Bonchev–Trinajstić information content (AvgIpc) is 2.99. The van der Waals surface area contributed by atoms with Crippen LogP contribution in [0.25, 0.3) is 0 Å². The van der Waals surface area contributed by atoms with Crippen molar-refractivity contribution < 1.29 is 8.42 Å². The molecule has 1 unspecified atom stereocenters. The first-order valence-corrected chi connectivity index (χ1v) is 7.38. The van der Waals surface area contributed by atoms with E-state index in [2.05, 4.69) is 40.9 Å². The van der Waals surface area contributed by atoms with Gasteiger partial charge in [-0.2, -0.15) is 10.3 Å². The molecule has 1 atom stereocenters. The molecule has 10 nitrogen and oxygen atoms in total. The molecule has 0 spiro atoms. The fraction of sp³-hybridized carbons (Fsp3) is 0.556. The van der Waals surface area contributed by atoms with Crippen LogP contribution in [0.3, 0.4) is 0 Å². The summed E-state index contributed by atoms with van der Waals surface area (Å²) in [5, 5.41) is 22.7. The topological polar surface area (TPSA) is 141 Å². The Balaban J connectivity index is 2.29. The number of tetrazole rings is 1. The number of aryl methyl sites for hydroxylation is 1. The van der Waals surface area contributed by atoms with E-state index in [0.717, 1.165) is 0 Å². The molecule has 11 heteroatoms. The van der Waals surface area contributed by atoms with Crippen molar-refractivity contribution in [1.82, 2.24) is 40.9 Å². The van der Waals surface area contributed by atoms with Crippen LogP contribution < -0.4 is 10.0 Å². The van der Waals surface area contributed by atoms with Crippen molar-refractivity contribution in [3.63, 3.8) is 0 Å². The third kappa shape index (κ3) is 2.84. The molecule has 20 heavy (non-hydrogen) atoms. The van der Waals surface area contributed by atoms with Crippen LogP contribution in [0.5, 0.6) is 0 Å². The summed E-state index contributed by atoms with van der Waals surface area (Å²) in [6.45, 7) is 3.63. The quantitative estimate of drug-likeness (QED) is 0.535. The summed E-state index contributed by atoms with van der Waals surface area (Å²) in [6.07, 6.45) is 0. The third-order valence-corrected chi connectivity index (χ3v) is 4.40. The first-order valence-electron chi connectivity index (χ1n) is 5.90. The molecule has 0 saturated carbocycles. The summed E-state index contributed by atoms with van der Waals surface area (Å²) in [5.74, 6) is 0.268. The first kappa shape index (κ1) is 14.6. The van der Waals surface area contributed by atoms with Gasteiger partial charge in [0.15, 0.2) is 5.82 Å². The van der Waals surface area contributed by atoms with Gasteiger partial charge in [0.2, 0.25) is 10.0 Å². The zero-order valence-corrected chi connectivity index (χ0v) is 12.1. The van der Waals surface area contributed by atoms with Crippen LogP contribution in [0, 0.1) is 6.92 Å².